The molecule has 7 heteroatoms. The van der Waals surface area contributed by atoms with Crippen LogP contribution in [0, 0.1) is 5.82 Å². The lowest BCUT2D eigenvalue weighted by Gasteiger charge is -2.07. The molecule has 3 heterocycles. The third-order valence-electron chi connectivity index (χ3n) is 4.25. The van der Waals surface area contributed by atoms with E-state index in [1.165, 1.54) is 23.5 Å². The van der Waals surface area contributed by atoms with Gasteiger partial charge in [-0.05, 0) is 50.2 Å². The molecule has 0 aliphatic carbocycles. The summed E-state index contributed by atoms with van der Waals surface area (Å²) in [6.45, 7) is 3.96. The summed E-state index contributed by atoms with van der Waals surface area (Å²) in [5.41, 5.74) is 3.10. The van der Waals surface area contributed by atoms with Crippen molar-refractivity contribution in [1.82, 2.24) is 14.0 Å². The van der Waals surface area contributed by atoms with Crippen molar-refractivity contribution >= 4 is 22.2 Å². The summed E-state index contributed by atoms with van der Waals surface area (Å²) in [5, 5.41) is 1.94. The first-order chi connectivity index (χ1) is 13.5. The molecule has 0 radical (unpaired) electrons. The van der Waals surface area contributed by atoms with E-state index in [-0.39, 0.29) is 24.2 Å². The number of fused-ring (bicyclic) bond motifs is 1. The molecule has 0 unspecified atom stereocenters. The van der Waals surface area contributed by atoms with Crippen molar-refractivity contribution < 1.29 is 9.18 Å². The topological polar surface area (TPSA) is 51.7 Å². The fourth-order valence-electron chi connectivity index (χ4n) is 2.97. The molecule has 28 heavy (non-hydrogen) atoms. The molecule has 142 valence electrons. The van der Waals surface area contributed by atoms with E-state index >= 15 is 0 Å². The van der Waals surface area contributed by atoms with Crippen LogP contribution < -0.4 is 5.49 Å². The standard InChI is InChI=1S/C21H19FN4OS/c1-14(2)23-19-5-3-4-10-25(19)20(27)11-17-13-28-21-24-18(12-26(17)21)15-6-8-16(22)9-7-15/h3-10,12-14H,11H2,1-2H3. The van der Waals surface area contributed by atoms with Gasteiger partial charge in [0.05, 0.1) is 12.1 Å². The van der Waals surface area contributed by atoms with Crippen molar-refractivity contribution in [3.05, 3.63) is 77.2 Å². The Morgan fingerprint density at radius 2 is 2.00 bits per heavy atom. The minimum absolute atomic E-state index is 0.0586. The van der Waals surface area contributed by atoms with Crippen LogP contribution >= 0.6 is 11.3 Å². The number of thiazole rings is 1. The molecule has 3 aromatic heterocycles. The Morgan fingerprint density at radius 3 is 2.75 bits per heavy atom. The first kappa shape index (κ1) is 18.3. The quantitative estimate of drug-likeness (QED) is 0.521. The third kappa shape index (κ3) is 3.66. The highest BCUT2D eigenvalue weighted by molar-refractivity contribution is 7.15. The van der Waals surface area contributed by atoms with E-state index < -0.39 is 0 Å². The normalized spacial score (nSPS) is 12.2. The molecule has 0 amide bonds. The smallest absolute Gasteiger partial charge is 0.238 e. The van der Waals surface area contributed by atoms with E-state index in [9.17, 15) is 9.18 Å². The fraction of sp³-hybridized carbons (Fsp3) is 0.190. The molecule has 4 rings (SSSR count). The second-order valence-corrected chi connectivity index (χ2v) is 7.57. The zero-order valence-corrected chi connectivity index (χ0v) is 16.4. The number of hydrogen-bond donors (Lipinski definition) is 0. The van der Waals surface area contributed by atoms with Gasteiger partial charge < -0.3 is 0 Å². The van der Waals surface area contributed by atoms with Crippen LogP contribution in [0.15, 0.2) is 65.2 Å². The number of aromatic nitrogens is 3. The summed E-state index contributed by atoms with van der Waals surface area (Å²) >= 11 is 1.48. The zero-order chi connectivity index (χ0) is 19.7. The van der Waals surface area contributed by atoms with Gasteiger partial charge in [0.1, 0.15) is 11.3 Å². The molecule has 1 aromatic carbocycles. The van der Waals surface area contributed by atoms with Gasteiger partial charge in [0.15, 0.2) is 4.96 Å². The number of halogens is 1. The first-order valence-corrected chi connectivity index (χ1v) is 9.85. The van der Waals surface area contributed by atoms with Crippen LogP contribution in [-0.2, 0) is 6.42 Å². The number of hydrogen-bond acceptors (Lipinski definition) is 4. The van der Waals surface area contributed by atoms with Crippen molar-refractivity contribution in [2.75, 3.05) is 0 Å². The van der Waals surface area contributed by atoms with Crippen LogP contribution in [0.2, 0.25) is 0 Å². The summed E-state index contributed by atoms with van der Waals surface area (Å²) < 4.78 is 16.7. The van der Waals surface area contributed by atoms with Crippen molar-refractivity contribution in [2.24, 2.45) is 4.99 Å². The molecule has 0 fully saturated rings. The Kier molecular flexibility index (Phi) is 4.92. The molecule has 0 N–H and O–H groups in total. The number of benzene rings is 1. The predicted octanol–water partition coefficient (Wildman–Crippen LogP) is 4.20. The number of nitrogens with zero attached hydrogens (tertiary/aromatic N) is 4. The number of rotatable bonds is 4. The lowest BCUT2D eigenvalue weighted by Crippen LogP contribution is -2.28. The van der Waals surface area contributed by atoms with E-state index in [0.29, 0.717) is 5.49 Å². The van der Waals surface area contributed by atoms with Crippen molar-refractivity contribution in [2.45, 2.75) is 26.3 Å². The zero-order valence-electron chi connectivity index (χ0n) is 15.5. The van der Waals surface area contributed by atoms with Crippen LogP contribution in [0.25, 0.3) is 16.2 Å². The van der Waals surface area contributed by atoms with E-state index in [1.807, 2.05) is 48.0 Å². The second-order valence-electron chi connectivity index (χ2n) is 6.73. The Labute approximate surface area is 165 Å². The predicted molar refractivity (Wildman–Crippen MR) is 108 cm³/mol. The second kappa shape index (κ2) is 7.52. The largest absolute Gasteiger partial charge is 0.294 e. The molecule has 4 aromatic rings. The van der Waals surface area contributed by atoms with Crippen LogP contribution in [0.3, 0.4) is 0 Å². The highest BCUT2D eigenvalue weighted by Gasteiger charge is 2.14. The Hall–Kier alpha value is -3.06. The van der Waals surface area contributed by atoms with Crippen LogP contribution in [0.4, 0.5) is 4.39 Å². The maximum absolute atomic E-state index is 13.2. The van der Waals surface area contributed by atoms with Gasteiger partial charge in [-0.1, -0.05) is 6.07 Å². The van der Waals surface area contributed by atoms with Crippen LogP contribution in [-0.4, -0.2) is 25.9 Å². The molecule has 5 nitrogen and oxygen atoms in total. The monoisotopic (exact) mass is 394 g/mol. The van der Waals surface area contributed by atoms with Crippen LogP contribution in [0.1, 0.15) is 24.3 Å². The highest BCUT2D eigenvalue weighted by Crippen LogP contribution is 2.24. The molecular formula is C21H19FN4OS. The molecular weight excluding hydrogens is 375 g/mol. The van der Waals surface area contributed by atoms with Crippen molar-refractivity contribution in [1.29, 1.82) is 0 Å². The SMILES string of the molecule is CC(C)N=c1ccccn1C(=O)Cc1csc2nc(-c3ccc(F)cc3)cn12. The third-order valence-corrected chi connectivity index (χ3v) is 5.14. The number of carbonyl (C=O) groups excluding carboxylic acids is 1. The van der Waals surface area contributed by atoms with E-state index in [2.05, 4.69) is 9.98 Å². The van der Waals surface area contributed by atoms with Crippen LogP contribution in [0.5, 0.6) is 0 Å². The Balaban J connectivity index is 1.66. The lowest BCUT2D eigenvalue weighted by molar-refractivity contribution is 0.0907. The summed E-state index contributed by atoms with van der Waals surface area (Å²) in [7, 11) is 0. The molecule has 0 spiro atoms. The van der Waals surface area contributed by atoms with Crippen molar-refractivity contribution in [3.8, 4) is 11.3 Å². The maximum Gasteiger partial charge on any atom is 0.238 e. The fourth-order valence-corrected chi connectivity index (χ4v) is 3.84. The minimum Gasteiger partial charge on any atom is -0.294 e. The minimum atomic E-state index is -0.279. The van der Waals surface area contributed by atoms with Gasteiger partial charge >= 0.3 is 0 Å². The number of imidazole rings is 1. The summed E-state index contributed by atoms with van der Waals surface area (Å²) in [4.78, 5) is 22.8. The van der Waals surface area contributed by atoms with E-state index in [0.717, 1.165) is 21.9 Å². The number of pyridine rings is 1. The van der Waals surface area contributed by atoms with Gasteiger partial charge in [0.25, 0.3) is 0 Å². The Bertz CT molecular complexity index is 1200. The summed E-state index contributed by atoms with van der Waals surface area (Å²) in [6, 6.07) is 11.9. The van der Waals surface area contributed by atoms with Gasteiger partial charge in [-0.2, -0.15) is 0 Å². The highest BCUT2D eigenvalue weighted by atomic mass is 32.1. The maximum atomic E-state index is 13.2. The molecule has 0 aliphatic rings. The summed E-state index contributed by atoms with van der Waals surface area (Å²) in [6.07, 6.45) is 3.86. The van der Waals surface area contributed by atoms with Gasteiger partial charge in [-0.25, -0.2) is 9.37 Å². The van der Waals surface area contributed by atoms with E-state index in [4.69, 9.17) is 0 Å². The molecule has 0 atom stereocenters. The first-order valence-electron chi connectivity index (χ1n) is 8.97. The summed E-state index contributed by atoms with van der Waals surface area (Å²) in [5.74, 6) is -0.338. The molecule has 0 aliphatic heterocycles. The molecule has 0 saturated heterocycles. The average Bonchev–Trinajstić information content (AvgIpc) is 3.24. The van der Waals surface area contributed by atoms with Gasteiger partial charge in [-0.3, -0.25) is 18.8 Å². The molecule has 0 saturated carbocycles. The van der Waals surface area contributed by atoms with Crippen molar-refractivity contribution in [3.63, 3.8) is 0 Å². The van der Waals surface area contributed by atoms with Gasteiger partial charge in [-0.15, -0.1) is 11.3 Å². The van der Waals surface area contributed by atoms with Gasteiger partial charge in [0, 0.05) is 35.1 Å². The number of carbonyl (C=O) groups is 1. The van der Waals surface area contributed by atoms with E-state index in [1.54, 1.807) is 22.9 Å². The Morgan fingerprint density at radius 1 is 1.21 bits per heavy atom. The molecule has 0 bridgehead atoms. The average molecular weight is 394 g/mol. The van der Waals surface area contributed by atoms with Gasteiger partial charge in [0.2, 0.25) is 5.91 Å². The lowest BCUT2D eigenvalue weighted by atomic mass is 10.2.